The molecule has 1 aromatic carbocycles. The summed E-state index contributed by atoms with van der Waals surface area (Å²) in [4.78, 5) is 16.3. The fourth-order valence-electron chi connectivity index (χ4n) is 2.11. The Kier molecular flexibility index (Phi) is 4.14. The van der Waals surface area contributed by atoms with Crippen molar-refractivity contribution < 1.29 is 9.21 Å². The fraction of sp³-hybridized carbons (Fsp3) is 0.176. The molecule has 0 saturated heterocycles. The van der Waals surface area contributed by atoms with Gasteiger partial charge in [-0.3, -0.25) is 9.78 Å². The zero-order valence-electron chi connectivity index (χ0n) is 12.9. The Labute approximate surface area is 133 Å². The van der Waals surface area contributed by atoms with E-state index in [0.29, 0.717) is 17.3 Å². The Morgan fingerprint density at radius 3 is 2.70 bits per heavy atom. The predicted octanol–water partition coefficient (Wildman–Crippen LogP) is 2.68. The number of aromatic nitrogens is 3. The van der Waals surface area contributed by atoms with Crippen molar-refractivity contribution in [3.8, 4) is 11.5 Å². The highest BCUT2D eigenvalue weighted by Gasteiger charge is 2.12. The van der Waals surface area contributed by atoms with Crippen molar-refractivity contribution in [3.05, 3.63) is 65.3 Å². The van der Waals surface area contributed by atoms with Crippen LogP contribution in [0.3, 0.4) is 0 Å². The third-order valence-electron chi connectivity index (χ3n) is 3.42. The van der Waals surface area contributed by atoms with Gasteiger partial charge in [0, 0.05) is 17.5 Å². The van der Waals surface area contributed by atoms with Crippen molar-refractivity contribution in [2.75, 3.05) is 0 Å². The minimum absolute atomic E-state index is 0.167. The highest BCUT2D eigenvalue weighted by molar-refractivity contribution is 5.95. The maximum Gasteiger partial charge on any atom is 0.251 e. The summed E-state index contributed by atoms with van der Waals surface area (Å²) in [5.41, 5.74) is 3.22. The first-order valence-electron chi connectivity index (χ1n) is 7.23. The molecule has 6 nitrogen and oxygen atoms in total. The number of nitrogens with zero attached hydrogens (tertiary/aromatic N) is 3. The highest BCUT2D eigenvalue weighted by atomic mass is 16.4. The number of hydrogen-bond acceptors (Lipinski definition) is 5. The van der Waals surface area contributed by atoms with Crippen LogP contribution >= 0.6 is 0 Å². The molecule has 0 aliphatic heterocycles. The van der Waals surface area contributed by atoms with Crippen LogP contribution in [0.25, 0.3) is 11.5 Å². The van der Waals surface area contributed by atoms with Crippen molar-refractivity contribution in [1.29, 1.82) is 0 Å². The maximum atomic E-state index is 12.1. The quantitative estimate of drug-likeness (QED) is 0.801. The van der Waals surface area contributed by atoms with Crippen molar-refractivity contribution in [1.82, 2.24) is 20.5 Å². The minimum Gasteiger partial charge on any atom is -0.419 e. The molecule has 0 fully saturated rings. The van der Waals surface area contributed by atoms with Crippen LogP contribution in [0.5, 0.6) is 0 Å². The average molecular weight is 308 g/mol. The van der Waals surface area contributed by atoms with E-state index in [1.807, 2.05) is 44.2 Å². The zero-order chi connectivity index (χ0) is 16.2. The van der Waals surface area contributed by atoms with E-state index >= 15 is 0 Å². The molecule has 0 atom stereocenters. The molecule has 0 spiro atoms. The van der Waals surface area contributed by atoms with Crippen LogP contribution in [-0.2, 0) is 6.54 Å². The van der Waals surface area contributed by atoms with E-state index in [1.54, 1.807) is 12.3 Å². The summed E-state index contributed by atoms with van der Waals surface area (Å²) in [5, 5.41) is 10.7. The van der Waals surface area contributed by atoms with Crippen LogP contribution in [-0.4, -0.2) is 21.1 Å². The van der Waals surface area contributed by atoms with Gasteiger partial charge in [0.05, 0.1) is 12.1 Å². The number of rotatable bonds is 4. The summed E-state index contributed by atoms with van der Waals surface area (Å²) in [6.07, 6.45) is 1.68. The van der Waals surface area contributed by atoms with Crippen LogP contribution < -0.4 is 5.32 Å². The Hall–Kier alpha value is -3.02. The third-order valence-corrected chi connectivity index (χ3v) is 3.42. The third kappa shape index (κ3) is 3.42. The van der Waals surface area contributed by atoms with Gasteiger partial charge in [0.15, 0.2) is 0 Å². The van der Waals surface area contributed by atoms with E-state index in [1.165, 1.54) is 0 Å². The van der Waals surface area contributed by atoms with Crippen molar-refractivity contribution in [2.45, 2.75) is 20.4 Å². The Morgan fingerprint density at radius 1 is 1.13 bits per heavy atom. The molecule has 23 heavy (non-hydrogen) atoms. The van der Waals surface area contributed by atoms with Gasteiger partial charge in [0.25, 0.3) is 5.91 Å². The molecule has 0 bridgehead atoms. The number of carbonyl (C=O) groups excluding carboxylic acids is 1. The van der Waals surface area contributed by atoms with Gasteiger partial charge in [0.2, 0.25) is 11.8 Å². The van der Waals surface area contributed by atoms with Crippen LogP contribution in [0.15, 0.2) is 47.0 Å². The molecular weight excluding hydrogens is 292 g/mol. The number of hydrogen-bond donors (Lipinski definition) is 1. The van der Waals surface area contributed by atoms with Crippen LogP contribution in [0.2, 0.25) is 0 Å². The first-order chi connectivity index (χ1) is 11.1. The van der Waals surface area contributed by atoms with Gasteiger partial charge in [-0.2, -0.15) is 0 Å². The second-order valence-corrected chi connectivity index (χ2v) is 5.19. The molecule has 0 saturated carbocycles. The van der Waals surface area contributed by atoms with E-state index in [2.05, 4.69) is 20.5 Å². The van der Waals surface area contributed by atoms with Gasteiger partial charge in [-0.05, 0) is 37.6 Å². The second kappa shape index (κ2) is 6.39. The lowest BCUT2D eigenvalue weighted by molar-refractivity contribution is 0.0946. The van der Waals surface area contributed by atoms with E-state index in [4.69, 9.17) is 4.42 Å². The number of nitrogens with one attached hydrogen (secondary N) is 1. The first-order valence-corrected chi connectivity index (χ1v) is 7.23. The molecule has 116 valence electrons. The van der Waals surface area contributed by atoms with Gasteiger partial charge in [-0.15, -0.1) is 10.2 Å². The lowest BCUT2D eigenvalue weighted by Crippen LogP contribution is -2.23. The van der Waals surface area contributed by atoms with Gasteiger partial charge in [0.1, 0.15) is 0 Å². The lowest BCUT2D eigenvalue weighted by atomic mass is 10.1. The van der Waals surface area contributed by atoms with E-state index in [0.717, 1.165) is 16.8 Å². The van der Waals surface area contributed by atoms with Crippen molar-refractivity contribution in [2.24, 2.45) is 0 Å². The Bertz CT molecular complexity index is 825. The maximum absolute atomic E-state index is 12.1. The molecule has 0 aliphatic carbocycles. The number of benzene rings is 1. The monoisotopic (exact) mass is 308 g/mol. The summed E-state index contributed by atoms with van der Waals surface area (Å²) in [6.45, 7) is 3.98. The molecule has 3 aromatic rings. The van der Waals surface area contributed by atoms with E-state index in [9.17, 15) is 4.79 Å². The molecule has 1 N–H and O–H groups in total. The number of pyridine rings is 1. The number of carbonyl (C=O) groups is 1. The van der Waals surface area contributed by atoms with Gasteiger partial charge in [-0.1, -0.05) is 18.2 Å². The number of aryl methyl sites for hydroxylation is 2. The Balaban J connectivity index is 1.67. The highest BCUT2D eigenvalue weighted by Crippen LogP contribution is 2.16. The SMILES string of the molecule is Cc1ccc(-c2nnc(CNC(=O)c3ccccc3C)o2)cn1. The molecule has 1 amide bonds. The van der Waals surface area contributed by atoms with Crippen molar-refractivity contribution in [3.63, 3.8) is 0 Å². The summed E-state index contributed by atoms with van der Waals surface area (Å²) in [6, 6.07) is 11.1. The lowest BCUT2D eigenvalue weighted by Gasteiger charge is -2.05. The molecular formula is C17H16N4O2. The largest absolute Gasteiger partial charge is 0.419 e. The van der Waals surface area contributed by atoms with E-state index in [-0.39, 0.29) is 12.5 Å². The van der Waals surface area contributed by atoms with Crippen LogP contribution in [0, 0.1) is 13.8 Å². The average Bonchev–Trinajstić information content (AvgIpc) is 3.03. The van der Waals surface area contributed by atoms with Crippen LogP contribution in [0.1, 0.15) is 27.5 Å². The smallest absolute Gasteiger partial charge is 0.251 e. The fourth-order valence-corrected chi connectivity index (χ4v) is 2.11. The van der Waals surface area contributed by atoms with Gasteiger partial charge in [-0.25, -0.2) is 0 Å². The van der Waals surface area contributed by atoms with Crippen LogP contribution in [0.4, 0.5) is 0 Å². The molecule has 2 heterocycles. The molecule has 2 aromatic heterocycles. The van der Waals surface area contributed by atoms with Crippen molar-refractivity contribution >= 4 is 5.91 Å². The molecule has 3 rings (SSSR count). The summed E-state index contributed by atoms with van der Waals surface area (Å²) in [5.74, 6) is 0.569. The topological polar surface area (TPSA) is 80.9 Å². The minimum atomic E-state index is -0.167. The Morgan fingerprint density at radius 2 is 1.96 bits per heavy atom. The van der Waals surface area contributed by atoms with Gasteiger partial charge < -0.3 is 9.73 Å². The summed E-state index contributed by atoms with van der Waals surface area (Å²) < 4.78 is 5.55. The second-order valence-electron chi connectivity index (χ2n) is 5.19. The molecule has 0 radical (unpaired) electrons. The summed E-state index contributed by atoms with van der Waals surface area (Å²) >= 11 is 0. The molecule has 0 unspecified atom stereocenters. The van der Waals surface area contributed by atoms with E-state index < -0.39 is 0 Å². The molecule has 6 heteroatoms. The first kappa shape index (κ1) is 14.9. The number of amides is 1. The standard InChI is InChI=1S/C17H16N4O2/c1-11-5-3-4-6-14(11)16(22)19-10-15-20-21-17(23-15)13-8-7-12(2)18-9-13/h3-9H,10H2,1-2H3,(H,19,22). The zero-order valence-corrected chi connectivity index (χ0v) is 12.9. The van der Waals surface area contributed by atoms with Gasteiger partial charge >= 0.3 is 0 Å². The normalized spacial score (nSPS) is 10.5. The molecule has 0 aliphatic rings. The summed E-state index contributed by atoms with van der Waals surface area (Å²) in [7, 11) is 0. The predicted molar refractivity (Wildman–Crippen MR) is 84.6 cm³/mol.